The van der Waals surface area contributed by atoms with Crippen molar-refractivity contribution in [2.45, 2.75) is 39.5 Å². The van der Waals surface area contributed by atoms with Gasteiger partial charge in [0.1, 0.15) is 13.2 Å². The smallest absolute Gasteiger partial charge is 0.429 e. The van der Waals surface area contributed by atoms with Gasteiger partial charge in [-0.25, -0.2) is 4.79 Å². The topological polar surface area (TPSA) is 102 Å². The van der Waals surface area contributed by atoms with E-state index in [1.165, 1.54) is 4.57 Å². The van der Waals surface area contributed by atoms with Gasteiger partial charge in [-0.15, -0.1) is 0 Å². The largest absolute Gasteiger partial charge is 0.456 e. The maximum absolute atomic E-state index is 13.2. The molecule has 0 unspecified atom stereocenters. The highest BCUT2D eigenvalue weighted by Gasteiger charge is 2.28. The van der Waals surface area contributed by atoms with Gasteiger partial charge in [-0.05, 0) is 38.0 Å². The molecule has 0 bridgehead atoms. The fourth-order valence-electron chi connectivity index (χ4n) is 3.29. The van der Waals surface area contributed by atoms with Gasteiger partial charge in [0.2, 0.25) is 0 Å². The van der Waals surface area contributed by atoms with E-state index in [9.17, 15) is 9.59 Å². The molecule has 0 aliphatic carbocycles. The molecule has 0 aliphatic rings. The van der Waals surface area contributed by atoms with Crippen molar-refractivity contribution in [2.75, 3.05) is 19.8 Å². The van der Waals surface area contributed by atoms with E-state index >= 15 is 0 Å². The van der Waals surface area contributed by atoms with Gasteiger partial charge in [0, 0.05) is 25.2 Å². The van der Waals surface area contributed by atoms with Crippen molar-refractivity contribution in [3.05, 3.63) is 55.7 Å². The van der Waals surface area contributed by atoms with Crippen molar-refractivity contribution >= 4 is 22.8 Å². The first-order valence-electron chi connectivity index (χ1n) is 10.2. The zero-order valence-corrected chi connectivity index (χ0v) is 18.7. The van der Waals surface area contributed by atoms with Gasteiger partial charge >= 0.3 is 17.3 Å². The summed E-state index contributed by atoms with van der Waals surface area (Å²) in [6.07, 6.45) is 0.380. The Balaban J connectivity index is 2.10. The molecular weight excluding hydrogens is 424 g/mol. The zero-order valence-electron chi connectivity index (χ0n) is 17.9. The average molecular weight is 452 g/mol. The summed E-state index contributed by atoms with van der Waals surface area (Å²) in [7, 11) is 1.59. The Hall–Kier alpha value is -2.62. The van der Waals surface area contributed by atoms with E-state index in [1.807, 2.05) is 26.0 Å². The van der Waals surface area contributed by atoms with E-state index in [4.69, 9.17) is 26.2 Å². The summed E-state index contributed by atoms with van der Waals surface area (Å²) in [6, 6.07) is 7.64. The molecule has 31 heavy (non-hydrogen) atoms. The number of ether oxygens (including phenoxy) is 2. The molecule has 0 radical (unpaired) electrons. The molecule has 3 aromatic rings. The number of fused-ring (bicyclic) bond motifs is 1. The van der Waals surface area contributed by atoms with Gasteiger partial charge in [0.25, 0.3) is 11.2 Å². The molecule has 0 aliphatic heterocycles. The Morgan fingerprint density at radius 3 is 2.55 bits per heavy atom. The monoisotopic (exact) mass is 451 g/mol. The lowest BCUT2D eigenvalue weighted by Crippen LogP contribution is -2.45. The van der Waals surface area contributed by atoms with Crippen molar-refractivity contribution in [2.24, 2.45) is 7.05 Å². The van der Waals surface area contributed by atoms with E-state index < -0.39 is 11.2 Å². The summed E-state index contributed by atoms with van der Waals surface area (Å²) in [4.78, 5) is 29.0. The number of aliphatic hydroxyl groups excluding tert-OH is 1. The van der Waals surface area contributed by atoms with Crippen LogP contribution in [0.1, 0.15) is 25.8 Å². The third-order valence-corrected chi connectivity index (χ3v) is 5.08. The molecule has 0 fully saturated rings. The van der Waals surface area contributed by atoms with Crippen LogP contribution in [-0.4, -0.2) is 45.1 Å². The third-order valence-electron chi connectivity index (χ3n) is 4.83. The highest BCUT2D eigenvalue weighted by Crippen LogP contribution is 2.13. The van der Waals surface area contributed by atoms with E-state index in [0.29, 0.717) is 41.8 Å². The van der Waals surface area contributed by atoms with Crippen LogP contribution in [0.15, 0.2) is 33.9 Å². The highest BCUT2D eigenvalue weighted by molar-refractivity contribution is 6.30. The quantitative estimate of drug-likeness (QED) is 0.356. The molecule has 2 aromatic heterocycles. The van der Waals surface area contributed by atoms with Crippen LogP contribution in [0, 0.1) is 0 Å². The van der Waals surface area contributed by atoms with E-state index in [1.54, 1.807) is 23.7 Å². The maximum atomic E-state index is 13.2. The Morgan fingerprint density at radius 1 is 1.19 bits per heavy atom. The lowest BCUT2D eigenvalue weighted by Gasteiger charge is -2.08. The number of aromatic nitrogens is 4. The Labute approximate surface area is 184 Å². The van der Waals surface area contributed by atoms with Crippen LogP contribution in [0.3, 0.4) is 0 Å². The normalized spacial score (nSPS) is 11.5. The fraction of sp³-hybridized carbons (Fsp3) is 0.476. The fourth-order valence-corrected chi connectivity index (χ4v) is 3.42. The second kappa shape index (κ2) is 10.1. The molecule has 0 spiro atoms. The minimum atomic E-state index is -0.458. The van der Waals surface area contributed by atoms with Crippen LogP contribution >= 0.6 is 11.6 Å². The Kier molecular flexibility index (Phi) is 7.53. The van der Waals surface area contributed by atoms with E-state index in [2.05, 4.69) is 4.98 Å². The van der Waals surface area contributed by atoms with Crippen LogP contribution in [0.25, 0.3) is 11.2 Å². The van der Waals surface area contributed by atoms with Crippen molar-refractivity contribution in [1.29, 1.82) is 0 Å². The number of nitrogens with one attached hydrogen (secondary N) is 1. The third kappa shape index (κ3) is 5.17. The number of aromatic amines is 1. The molecular formula is C21H28ClN4O5+. The number of benzene rings is 1. The SMILES string of the molecule is CC(C)OCCOc1[nH]c2c(c(=O)n(CCCO)c(=O)n2C)[n+]1Cc1ccc(Cl)cc1. The van der Waals surface area contributed by atoms with Gasteiger partial charge in [-0.2, -0.15) is 9.55 Å². The number of H-pyrrole nitrogens is 1. The molecule has 0 atom stereocenters. The summed E-state index contributed by atoms with van der Waals surface area (Å²) < 4.78 is 15.7. The number of aliphatic hydroxyl groups is 1. The van der Waals surface area contributed by atoms with Crippen molar-refractivity contribution in [1.82, 2.24) is 14.1 Å². The molecule has 1 aromatic carbocycles. The second-order valence-corrected chi connectivity index (χ2v) is 7.92. The van der Waals surface area contributed by atoms with Crippen molar-refractivity contribution < 1.29 is 19.1 Å². The lowest BCUT2D eigenvalue weighted by atomic mass is 10.2. The summed E-state index contributed by atoms with van der Waals surface area (Å²) in [5.74, 6) is 0. The zero-order chi connectivity index (χ0) is 22.5. The molecule has 0 saturated carbocycles. The van der Waals surface area contributed by atoms with Gasteiger partial charge in [0.05, 0.1) is 12.7 Å². The van der Waals surface area contributed by atoms with Gasteiger partial charge in [-0.3, -0.25) is 13.9 Å². The van der Waals surface area contributed by atoms with E-state index in [0.717, 1.165) is 10.1 Å². The van der Waals surface area contributed by atoms with Gasteiger partial charge < -0.3 is 14.6 Å². The number of aryl methyl sites for hydroxylation is 1. The molecule has 2 N–H and O–H groups in total. The minimum absolute atomic E-state index is 0.0760. The highest BCUT2D eigenvalue weighted by atomic mass is 35.5. The lowest BCUT2D eigenvalue weighted by molar-refractivity contribution is -0.668. The number of imidazole rings is 1. The van der Waals surface area contributed by atoms with Crippen molar-refractivity contribution in [3.63, 3.8) is 0 Å². The summed E-state index contributed by atoms with van der Waals surface area (Å²) in [6.45, 7) is 4.89. The standard InChI is InChI=1S/C21H27ClN4O5/c1-14(2)30-11-12-31-20-23-18-17(26(20)13-15-5-7-16(22)8-6-15)19(28)25(9-4-10-27)21(29)24(18)3/h5-8,14,27H,4,9-13H2,1-3H3/p+1. The molecule has 3 rings (SSSR count). The first-order chi connectivity index (χ1) is 14.8. The van der Waals surface area contributed by atoms with Crippen LogP contribution in [0.5, 0.6) is 6.01 Å². The van der Waals surface area contributed by atoms with Crippen LogP contribution < -0.4 is 20.6 Å². The van der Waals surface area contributed by atoms with E-state index in [-0.39, 0.29) is 25.9 Å². The number of rotatable bonds is 10. The number of halogens is 1. The first-order valence-corrected chi connectivity index (χ1v) is 10.6. The van der Waals surface area contributed by atoms with Crippen LogP contribution in [0.4, 0.5) is 0 Å². The summed E-state index contributed by atoms with van der Waals surface area (Å²) in [5.41, 5.74) is 0.693. The molecule has 2 heterocycles. The predicted octanol–water partition coefficient (Wildman–Crippen LogP) is 1.20. The summed E-state index contributed by atoms with van der Waals surface area (Å²) in [5, 5.41) is 9.76. The predicted molar refractivity (Wildman–Crippen MR) is 117 cm³/mol. The van der Waals surface area contributed by atoms with Crippen LogP contribution in [0.2, 0.25) is 5.02 Å². The molecule has 9 nitrogen and oxygen atoms in total. The molecule has 10 heteroatoms. The molecule has 168 valence electrons. The van der Waals surface area contributed by atoms with Crippen molar-refractivity contribution in [3.8, 4) is 6.01 Å². The maximum Gasteiger partial charge on any atom is 0.456 e. The second-order valence-electron chi connectivity index (χ2n) is 7.48. The number of hydrogen-bond donors (Lipinski definition) is 2. The number of nitrogens with zero attached hydrogens (tertiary/aromatic N) is 3. The Bertz CT molecular complexity index is 1150. The van der Waals surface area contributed by atoms with Gasteiger partial charge in [-0.1, -0.05) is 23.7 Å². The molecule has 0 amide bonds. The number of hydrogen-bond acceptors (Lipinski definition) is 5. The Morgan fingerprint density at radius 2 is 1.90 bits per heavy atom. The average Bonchev–Trinajstić information content (AvgIpc) is 3.09. The van der Waals surface area contributed by atoms with Gasteiger partial charge in [0.15, 0.2) is 0 Å². The van der Waals surface area contributed by atoms with Crippen LogP contribution in [-0.2, 0) is 24.9 Å². The summed E-state index contributed by atoms with van der Waals surface area (Å²) >= 11 is 6.00. The first kappa shape index (κ1) is 23.1. The molecule has 0 saturated heterocycles. The minimum Gasteiger partial charge on any atom is -0.429 e.